The van der Waals surface area contributed by atoms with Crippen molar-refractivity contribution in [2.24, 2.45) is 5.10 Å². The van der Waals surface area contributed by atoms with Gasteiger partial charge in [0.05, 0.1) is 19.9 Å². The summed E-state index contributed by atoms with van der Waals surface area (Å²) in [6, 6.07) is 12.4. The lowest BCUT2D eigenvalue weighted by molar-refractivity contribution is -0.136. The van der Waals surface area contributed by atoms with Crippen LogP contribution in [0.5, 0.6) is 11.5 Å². The Labute approximate surface area is 158 Å². The van der Waals surface area contributed by atoms with Crippen LogP contribution in [-0.2, 0) is 9.59 Å². The molecule has 2 amide bonds. The largest absolute Gasteiger partial charge is 0.493 e. The van der Waals surface area contributed by atoms with Crippen LogP contribution in [0.1, 0.15) is 24.5 Å². The van der Waals surface area contributed by atoms with Crippen LogP contribution < -0.4 is 20.2 Å². The topological polar surface area (TPSA) is 89.0 Å². The monoisotopic (exact) mass is 369 g/mol. The maximum Gasteiger partial charge on any atom is 0.329 e. The van der Waals surface area contributed by atoms with Crippen LogP contribution in [-0.4, -0.2) is 31.7 Å². The second-order valence-electron chi connectivity index (χ2n) is 5.78. The number of methoxy groups -OCH3 is 1. The Bertz CT molecular complexity index is 816. The lowest BCUT2D eigenvalue weighted by atomic mass is 10.2. The smallest absolute Gasteiger partial charge is 0.329 e. The van der Waals surface area contributed by atoms with Crippen LogP contribution >= 0.6 is 0 Å². The van der Waals surface area contributed by atoms with Gasteiger partial charge in [-0.2, -0.15) is 5.10 Å². The van der Waals surface area contributed by atoms with Crippen molar-refractivity contribution in [2.75, 3.05) is 19.0 Å². The van der Waals surface area contributed by atoms with E-state index in [0.717, 1.165) is 12.0 Å². The SMILES string of the molecule is CCCOc1ccc(/C=N\NC(=O)C(=O)Nc2ccc(C)cc2)cc1OC. The number of nitrogens with zero attached hydrogens (tertiary/aromatic N) is 1. The Morgan fingerprint density at radius 3 is 2.48 bits per heavy atom. The number of hydrogen-bond acceptors (Lipinski definition) is 5. The Kier molecular flexibility index (Phi) is 7.37. The number of aryl methyl sites for hydroxylation is 1. The van der Waals surface area contributed by atoms with Gasteiger partial charge in [0.25, 0.3) is 0 Å². The van der Waals surface area contributed by atoms with Crippen LogP contribution in [0.25, 0.3) is 0 Å². The molecule has 0 saturated carbocycles. The van der Waals surface area contributed by atoms with E-state index < -0.39 is 11.8 Å². The van der Waals surface area contributed by atoms with Gasteiger partial charge in [0, 0.05) is 5.69 Å². The van der Waals surface area contributed by atoms with Gasteiger partial charge in [-0.3, -0.25) is 9.59 Å². The van der Waals surface area contributed by atoms with Gasteiger partial charge >= 0.3 is 11.8 Å². The van der Waals surface area contributed by atoms with Crippen molar-refractivity contribution in [3.63, 3.8) is 0 Å². The molecule has 2 N–H and O–H groups in total. The Morgan fingerprint density at radius 2 is 1.81 bits per heavy atom. The van der Waals surface area contributed by atoms with Crippen LogP contribution in [0.15, 0.2) is 47.6 Å². The first-order valence-electron chi connectivity index (χ1n) is 8.55. The lowest BCUT2D eigenvalue weighted by Gasteiger charge is -2.10. The predicted molar refractivity (Wildman–Crippen MR) is 104 cm³/mol. The number of rotatable bonds is 7. The third kappa shape index (κ3) is 6.14. The summed E-state index contributed by atoms with van der Waals surface area (Å²) >= 11 is 0. The molecule has 142 valence electrons. The van der Waals surface area contributed by atoms with E-state index in [-0.39, 0.29) is 0 Å². The molecule has 27 heavy (non-hydrogen) atoms. The van der Waals surface area contributed by atoms with Crippen molar-refractivity contribution < 1.29 is 19.1 Å². The van der Waals surface area contributed by atoms with Gasteiger partial charge in [-0.25, -0.2) is 5.43 Å². The summed E-state index contributed by atoms with van der Waals surface area (Å²) in [7, 11) is 1.55. The minimum absolute atomic E-state index is 0.539. The number of benzene rings is 2. The molecule has 0 atom stereocenters. The van der Waals surface area contributed by atoms with E-state index in [1.807, 2.05) is 26.0 Å². The highest BCUT2D eigenvalue weighted by Crippen LogP contribution is 2.27. The lowest BCUT2D eigenvalue weighted by Crippen LogP contribution is -2.32. The summed E-state index contributed by atoms with van der Waals surface area (Å²) in [5.74, 6) is -0.451. The molecular formula is C20H23N3O4. The maximum absolute atomic E-state index is 11.9. The quantitative estimate of drug-likeness (QED) is 0.446. The first-order valence-corrected chi connectivity index (χ1v) is 8.55. The zero-order valence-corrected chi connectivity index (χ0v) is 15.6. The molecular weight excluding hydrogens is 346 g/mol. The number of anilines is 1. The number of carbonyl (C=O) groups excluding carboxylic acids is 2. The summed E-state index contributed by atoms with van der Waals surface area (Å²) in [6.07, 6.45) is 2.31. The predicted octanol–water partition coefficient (Wildman–Crippen LogP) is 2.88. The van der Waals surface area contributed by atoms with E-state index in [2.05, 4.69) is 15.8 Å². The first kappa shape index (κ1) is 20.0. The second kappa shape index (κ2) is 9.96. The minimum Gasteiger partial charge on any atom is -0.493 e. The van der Waals surface area contributed by atoms with Gasteiger partial charge in [-0.1, -0.05) is 24.6 Å². The standard InChI is InChI=1S/C20H23N3O4/c1-4-11-27-17-10-7-15(12-18(17)26-3)13-21-23-20(25)19(24)22-16-8-5-14(2)6-9-16/h5-10,12-13H,4,11H2,1-3H3,(H,22,24)(H,23,25)/b21-13-. The molecule has 0 spiro atoms. The molecule has 0 radical (unpaired) electrons. The molecule has 2 aromatic rings. The maximum atomic E-state index is 11.9. The van der Waals surface area contributed by atoms with Crippen LogP contribution in [0, 0.1) is 6.92 Å². The summed E-state index contributed by atoms with van der Waals surface area (Å²) in [5, 5.41) is 6.31. The number of carbonyl (C=O) groups is 2. The second-order valence-corrected chi connectivity index (χ2v) is 5.78. The van der Waals surface area contributed by atoms with Gasteiger partial charge in [0.15, 0.2) is 11.5 Å². The summed E-state index contributed by atoms with van der Waals surface area (Å²) in [4.78, 5) is 23.7. The van der Waals surface area contributed by atoms with Crippen molar-refractivity contribution in [1.29, 1.82) is 0 Å². The fourth-order valence-corrected chi connectivity index (χ4v) is 2.14. The van der Waals surface area contributed by atoms with Gasteiger partial charge in [0.2, 0.25) is 0 Å². The van der Waals surface area contributed by atoms with Crippen LogP contribution in [0.4, 0.5) is 5.69 Å². The summed E-state index contributed by atoms with van der Waals surface area (Å²) in [6.45, 7) is 4.55. The number of amides is 2. The molecule has 0 aliphatic heterocycles. The van der Waals surface area contributed by atoms with Gasteiger partial charge in [-0.15, -0.1) is 0 Å². The molecule has 7 nitrogen and oxygen atoms in total. The Hall–Kier alpha value is -3.35. The molecule has 2 aromatic carbocycles. The molecule has 0 fully saturated rings. The molecule has 0 heterocycles. The number of hydrogen-bond donors (Lipinski definition) is 2. The number of ether oxygens (including phenoxy) is 2. The zero-order valence-electron chi connectivity index (χ0n) is 15.6. The summed E-state index contributed by atoms with van der Waals surface area (Å²) < 4.78 is 10.9. The highest BCUT2D eigenvalue weighted by molar-refractivity contribution is 6.39. The van der Waals surface area contributed by atoms with E-state index in [1.54, 1.807) is 37.4 Å². The fraction of sp³-hybridized carbons (Fsp3) is 0.250. The van der Waals surface area contributed by atoms with Crippen LogP contribution in [0.2, 0.25) is 0 Å². The van der Waals surface area contributed by atoms with Crippen molar-refractivity contribution in [3.05, 3.63) is 53.6 Å². The Balaban J connectivity index is 1.92. The van der Waals surface area contributed by atoms with Crippen LogP contribution in [0.3, 0.4) is 0 Å². The van der Waals surface area contributed by atoms with E-state index >= 15 is 0 Å². The Morgan fingerprint density at radius 1 is 1.07 bits per heavy atom. The molecule has 0 saturated heterocycles. The highest BCUT2D eigenvalue weighted by atomic mass is 16.5. The van der Waals surface area contributed by atoms with E-state index in [1.165, 1.54) is 6.21 Å². The van der Waals surface area contributed by atoms with E-state index in [0.29, 0.717) is 29.4 Å². The summed E-state index contributed by atoms with van der Waals surface area (Å²) in [5.41, 5.74) is 4.48. The average molecular weight is 369 g/mol. The molecule has 7 heteroatoms. The highest BCUT2D eigenvalue weighted by Gasteiger charge is 2.12. The molecule has 0 aliphatic rings. The third-order valence-corrected chi connectivity index (χ3v) is 3.54. The van der Waals surface area contributed by atoms with Crippen molar-refractivity contribution >= 4 is 23.7 Å². The van der Waals surface area contributed by atoms with Gasteiger partial charge in [-0.05, 0) is 49.2 Å². The van der Waals surface area contributed by atoms with Gasteiger partial charge < -0.3 is 14.8 Å². The fourth-order valence-electron chi connectivity index (χ4n) is 2.14. The zero-order chi connectivity index (χ0) is 19.6. The van der Waals surface area contributed by atoms with Crippen molar-refractivity contribution in [2.45, 2.75) is 20.3 Å². The minimum atomic E-state index is -0.860. The number of nitrogens with one attached hydrogen (secondary N) is 2. The van der Waals surface area contributed by atoms with E-state index in [9.17, 15) is 9.59 Å². The van der Waals surface area contributed by atoms with Gasteiger partial charge in [0.1, 0.15) is 0 Å². The number of hydrazone groups is 1. The van der Waals surface area contributed by atoms with E-state index in [4.69, 9.17) is 9.47 Å². The normalized spacial score (nSPS) is 10.5. The van der Waals surface area contributed by atoms with Crippen molar-refractivity contribution in [1.82, 2.24) is 5.43 Å². The molecule has 0 aromatic heterocycles. The molecule has 2 rings (SSSR count). The third-order valence-electron chi connectivity index (χ3n) is 3.54. The first-order chi connectivity index (χ1) is 13.0. The molecule has 0 unspecified atom stereocenters. The average Bonchev–Trinajstić information content (AvgIpc) is 2.68. The molecule has 0 bridgehead atoms. The molecule has 0 aliphatic carbocycles. The van der Waals surface area contributed by atoms with Crippen molar-refractivity contribution in [3.8, 4) is 11.5 Å².